The molecule has 0 unspecified atom stereocenters. The standard InChI is InChI=1S/C14H20N2O2/c1-14(7-9-15-10-8-14)16(13(17)18)11-12-5-3-2-4-6-12/h2-6,15H,7-11H2,1H3,(H,17,18). The summed E-state index contributed by atoms with van der Waals surface area (Å²) in [4.78, 5) is 13.1. The average molecular weight is 248 g/mol. The van der Waals surface area contributed by atoms with Gasteiger partial charge in [-0.2, -0.15) is 0 Å². The van der Waals surface area contributed by atoms with E-state index in [1.54, 1.807) is 4.90 Å². The summed E-state index contributed by atoms with van der Waals surface area (Å²) in [7, 11) is 0. The SMILES string of the molecule is CC1(N(Cc2ccccc2)C(=O)O)CCNCC1. The summed E-state index contributed by atoms with van der Waals surface area (Å²) in [5, 5.41) is 12.7. The van der Waals surface area contributed by atoms with Crippen LogP contribution in [0.25, 0.3) is 0 Å². The van der Waals surface area contributed by atoms with Crippen molar-refractivity contribution in [2.75, 3.05) is 13.1 Å². The van der Waals surface area contributed by atoms with Gasteiger partial charge in [0, 0.05) is 12.1 Å². The molecule has 2 N–H and O–H groups in total. The highest BCUT2D eigenvalue weighted by Gasteiger charge is 2.36. The van der Waals surface area contributed by atoms with Crippen LogP contribution in [-0.4, -0.2) is 34.7 Å². The minimum atomic E-state index is -0.830. The summed E-state index contributed by atoms with van der Waals surface area (Å²) in [5.41, 5.74) is 0.784. The summed E-state index contributed by atoms with van der Waals surface area (Å²) in [6.45, 7) is 4.28. The summed E-state index contributed by atoms with van der Waals surface area (Å²) in [6.07, 6.45) is 0.904. The Morgan fingerprint density at radius 2 is 1.94 bits per heavy atom. The summed E-state index contributed by atoms with van der Waals surface area (Å²) in [6, 6.07) is 9.78. The Hall–Kier alpha value is -1.55. The fourth-order valence-corrected chi connectivity index (χ4v) is 2.49. The molecule has 1 aliphatic rings. The molecule has 4 heteroatoms. The molecule has 0 bridgehead atoms. The van der Waals surface area contributed by atoms with E-state index in [2.05, 4.69) is 5.32 Å². The Labute approximate surface area is 108 Å². The number of piperidine rings is 1. The van der Waals surface area contributed by atoms with Crippen molar-refractivity contribution in [2.24, 2.45) is 0 Å². The zero-order chi connectivity index (χ0) is 13.0. The van der Waals surface area contributed by atoms with Crippen molar-refractivity contribution in [2.45, 2.75) is 31.8 Å². The molecule has 0 radical (unpaired) electrons. The van der Waals surface area contributed by atoms with Gasteiger partial charge in [-0.25, -0.2) is 4.79 Å². The molecule has 2 rings (SSSR count). The van der Waals surface area contributed by atoms with E-state index in [0.717, 1.165) is 31.5 Å². The molecule has 0 spiro atoms. The van der Waals surface area contributed by atoms with Crippen molar-refractivity contribution in [3.63, 3.8) is 0 Å². The topological polar surface area (TPSA) is 52.6 Å². The largest absolute Gasteiger partial charge is 0.465 e. The smallest absolute Gasteiger partial charge is 0.408 e. The second-order valence-electron chi connectivity index (χ2n) is 5.10. The van der Waals surface area contributed by atoms with Crippen molar-refractivity contribution in [1.29, 1.82) is 0 Å². The molecule has 0 atom stereocenters. The van der Waals surface area contributed by atoms with Gasteiger partial charge in [0.25, 0.3) is 0 Å². The number of rotatable bonds is 3. The van der Waals surface area contributed by atoms with Crippen LogP contribution < -0.4 is 5.32 Å². The van der Waals surface area contributed by atoms with E-state index in [0.29, 0.717) is 6.54 Å². The molecule has 1 saturated heterocycles. The van der Waals surface area contributed by atoms with Gasteiger partial charge in [-0.05, 0) is 38.4 Å². The molecule has 1 aromatic rings. The molecule has 1 aliphatic heterocycles. The van der Waals surface area contributed by atoms with Crippen LogP contribution >= 0.6 is 0 Å². The maximum atomic E-state index is 11.5. The van der Waals surface area contributed by atoms with Crippen molar-refractivity contribution in [3.05, 3.63) is 35.9 Å². The van der Waals surface area contributed by atoms with Gasteiger partial charge in [0.15, 0.2) is 0 Å². The van der Waals surface area contributed by atoms with Crippen molar-refractivity contribution >= 4 is 6.09 Å². The van der Waals surface area contributed by atoms with Gasteiger partial charge in [-0.1, -0.05) is 30.3 Å². The second-order valence-corrected chi connectivity index (χ2v) is 5.10. The van der Waals surface area contributed by atoms with Crippen LogP contribution in [0.3, 0.4) is 0 Å². The Bertz CT molecular complexity index is 400. The molecule has 98 valence electrons. The Morgan fingerprint density at radius 3 is 2.50 bits per heavy atom. The normalized spacial score (nSPS) is 18.3. The van der Waals surface area contributed by atoms with Gasteiger partial charge < -0.3 is 10.4 Å². The summed E-state index contributed by atoms with van der Waals surface area (Å²) >= 11 is 0. The minimum absolute atomic E-state index is 0.257. The molecular formula is C14H20N2O2. The minimum Gasteiger partial charge on any atom is -0.465 e. The fraction of sp³-hybridized carbons (Fsp3) is 0.500. The van der Waals surface area contributed by atoms with Crippen LogP contribution in [0.2, 0.25) is 0 Å². The average Bonchev–Trinajstić information content (AvgIpc) is 2.37. The first kappa shape index (κ1) is 12.9. The summed E-state index contributed by atoms with van der Waals surface area (Å²) < 4.78 is 0. The Morgan fingerprint density at radius 1 is 1.33 bits per heavy atom. The van der Waals surface area contributed by atoms with Gasteiger partial charge in [0.1, 0.15) is 0 Å². The number of nitrogens with one attached hydrogen (secondary N) is 1. The van der Waals surface area contributed by atoms with E-state index in [4.69, 9.17) is 0 Å². The predicted molar refractivity (Wildman–Crippen MR) is 70.5 cm³/mol. The molecule has 1 fully saturated rings. The van der Waals surface area contributed by atoms with E-state index in [1.165, 1.54) is 0 Å². The maximum Gasteiger partial charge on any atom is 0.408 e. The van der Waals surface area contributed by atoms with Crippen molar-refractivity contribution in [3.8, 4) is 0 Å². The molecule has 0 aromatic heterocycles. The number of benzene rings is 1. The second kappa shape index (κ2) is 5.40. The molecule has 1 aromatic carbocycles. The lowest BCUT2D eigenvalue weighted by atomic mass is 9.88. The highest BCUT2D eigenvalue weighted by molar-refractivity contribution is 5.66. The van der Waals surface area contributed by atoms with Crippen LogP contribution in [0.4, 0.5) is 4.79 Å². The number of hydrogen-bond acceptors (Lipinski definition) is 2. The lowest BCUT2D eigenvalue weighted by Gasteiger charge is -2.42. The van der Waals surface area contributed by atoms with E-state index in [-0.39, 0.29) is 5.54 Å². The molecule has 18 heavy (non-hydrogen) atoms. The third-order valence-electron chi connectivity index (χ3n) is 3.75. The van der Waals surface area contributed by atoms with E-state index in [1.807, 2.05) is 37.3 Å². The zero-order valence-electron chi connectivity index (χ0n) is 10.7. The first-order valence-corrected chi connectivity index (χ1v) is 6.37. The number of amides is 1. The van der Waals surface area contributed by atoms with Crippen LogP contribution in [-0.2, 0) is 6.54 Å². The number of carbonyl (C=O) groups is 1. The number of carboxylic acid groups (broad SMARTS) is 1. The molecule has 4 nitrogen and oxygen atoms in total. The molecule has 0 saturated carbocycles. The Kier molecular flexibility index (Phi) is 3.87. The molecular weight excluding hydrogens is 228 g/mol. The van der Waals surface area contributed by atoms with E-state index in [9.17, 15) is 9.90 Å². The van der Waals surface area contributed by atoms with Crippen molar-refractivity contribution in [1.82, 2.24) is 10.2 Å². The van der Waals surface area contributed by atoms with Crippen LogP contribution in [0.15, 0.2) is 30.3 Å². The highest BCUT2D eigenvalue weighted by Crippen LogP contribution is 2.27. The van der Waals surface area contributed by atoms with Gasteiger partial charge in [0.05, 0.1) is 0 Å². The maximum absolute atomic E-state index is 11.5. The molecule has 1 heterocycles. The van der Waals surface area contributed by atoms with Crippen LogP contribution in [0.5, 0.6) is 0 Å². The molecule has 1 amide bonds. The first-order chi connectivity index (χ1) is 8.62. The van der Waals surface area contributed by atoms with Crippen molar-refractivity contribution < 1.29 is 9.90 Å². The first-order valence-electron chi connectivity index (χ1n) is 6.37. The highest BCUT2D eigenvalue weighted by atomic mass is 16.4. The predicted octanol–water partition coefficient (Wildman–Crippen LogP) is 2.31. The number of nitrogens with zero attached hydrogens (tertiary/aromatic N) is 1. The van der Waals surface area contributed by atoms with E-state index < -0.39 is 6.09 Å². The van der Waals surface area contributed by atoms with Gasteiger partial charge in [-0.3, -0.25) is 4.90 Å². The van der Waals surface area contributed by atoms with Crippen LogP contribution in [0, 0.1) is 0 Å². The van der Waals surface area contributed by atoms with Gasteiger partial charge in [0.2, 0.25) is 0 Å². The monoisotopic (exact) mass is 248 g/mol. The summed E-state index contributed by atoms with van der Waals surface area (Å²) in [5.74, 6) is 0. The van der Waals surface area contributed by atoms with E-state index >= 15 is 0 Å². The number of hydrogen-bond donors (Lipinski definition) is 2. The van der Waals surface area contributed by atoms with Crippen LogP contribution in [0.1, 0.15) is 25.3 Å². The quantitative estimate of drug-likeness (QED) is 0.863. The fourth-order valence-electron chi connectivity index (χ4n) is 2.49. The third kappa shape index (κ3) is 2.82. The lowest BCUT2D eigenvalue weighted by molar-refractivity contribution is 0.0596. The Balaban J connectivity index is 2.15. The molecule has 0 aliphatic carbocycles. The third-order valence-corrected chi connectivity index (χ3v) is 3.75. The van der Waals surface area contributed by atoms with Gasteiger partial charge >= 0.3 is 6.09 Å². The zero-order valence-corrected chi connectivity index (χ0v) is 10.7. The van der Waals surface area contributed by atoms with Gasteiger partial charge in [-0.15, -0.1) is 0 Å². The lowest BCUT2D eigenvalue weighted by Crippen LogP contribution is -2.54.